The molecule has 2 aromatic carbocycles. The maximum absolute atomic E-state index is 12.1. The lowest BCUT2D eigenvalue weighted by Crippen LogP contribution is -2.48. The number of nitrogens with zero attached hydrogens (tertiary/aromatic N) is 3. The molecule has 5 nitrogen and oxygen atoms in total. The Morgan fingerprint density at radius 3 is 2.07 bits per heavy atom. The minimum absolute atomic E-state index is 0.262. The number of esters is 1. The number of carbonyl (C=O) groups is 1. The number of ether oxygens (including phenoxy) is 1. The first-order chi connectivity index (χ1) is 14.8. The summed E-state index contributed by atoms with van der Waals surface area (Å²) in [5.41, 5.74) is 3.14. The van der Waals surface area contributed by atoms with E-state index >= 15 is 0 Å². The van der Waals surface area contributed by atoms with Crippen LogP contribution < -0.4 is 0 Å². The molecule has 0 spiro atoms. The van der Waals surface area contributed by atoms with E-state index < -0.39 is 0 Å². The smallest absolute Gasteiger partial charge is 0.339 e. The Balaban J connectivity index is 1.32. The number of rotatable bonds is 7. The molecular weight excluding hydrogens is 374 g/mol. The molecule has 1 aromatic heterocycles. The van der Waals surface area contributed by atoms with E-state index in [1.807, 2.05) is 0 Å². The molecule has 0 atom stereocenters. The molecule has 2 heterocycles. The van der Waals surface area contributed by atoms with Gasteiger partial charge in [0.05, 0.1) is 11.6 Å². The van der Waals surface area contributed by atoms with Gasteiger partial charge in [0, 0.05) is 45.1 Å². The van der Waals surface area contributed by atoms with Gasteiger partial charge in [-0.25, -0.2) is 4.79 Å². The Hall–Kier alpha value is -3.02. The Labute approximate surface area is 177 Å². The molecule has 0 aliphatic carbocycles. The van der Waals surface area contributed by atoms with Crippen LogP contribution in [0.3, 0.4) is 0 Å². The van der Waals surface area contributed by atoms with E-state index in [1.165, 1.54) is 17.3 Å². The number of pyridine rings is 1. The number of hydrogen-bond donors (Lipinski definition) is 0. The molecule has 0 saturated carbocycles. The van der Waals surface area contributed by atoms with Crippen molar-refractivity contribution >= 4 is 5.97 Å². The summed E-state index contributed by atoms with van der Waals surface area (Å²) >= 11 is 0. The Morgan fingerprint density at radius 1 is 0.867 bits per heavy atom. The molecule has 0 amide bonds. The van der Waals surface area contributed by atoms with Gasteiger partial charge in [-0.1, -0.05) is 60.7 Å². The SMILES string of the molecule is O=C(OCCN1CCN(C(c2ccccc2)c2ccccc2)CC1)c1cccnc1. The zero-order chi connectivity index (χ0) is 20.6. The van der Waals surface area contributed by atoms with E-state index in [9.17, 15) is 4.79 Å². The largest absolute Gasteiger partial charge is 0.461 e. The van der Waals surface area contributed by atoms with Gasteiger partial charge >= 0.3 is 5.97 Å². The Kier molecular flexibility index (Phi) is 6.85. The van der Waals surface area contributed by atoms with Crippen LogP contribution in [-0.4, -0.2) is 60.1 Å². The lowest BCUT2D eigenvalue weighted by atomic mass is 9.96. The third-order valence-corrected chi connectivity index (χ3v) is 5.54. The standard InChI is InChI=1S/C25H27N3O2/c29-25(23-12-7-13-26-20-23)30-19-18-27-14-16-28(17-15-27)24(21-8-3-1-4-9-21)22-10-5-2-6-11-22/h1-13,20,24H,14-19H2. The zero-order valence-corrected chi connectivity index (χ0v) is 17.1. The highest BCUT2D eigenvalue weighted by Crippen LogP contribution is 2.29. The average Bonchev–Trinajstić information content (AvgIpc) is 2.82. The summed E-state index contributed by atoms with van der Waals surface area (Å²) in [7, 11) is 0. The van der Waals surface area contributed by atoms with E-state index in [1.54, 1.807) is 18.3 Å². The minimum Gasteiger partial charge on any atom is -0.461 e. The predicted molar refractivity (Wildman–Crippen MR) is 117 cm³/mol. The van der Waals surface area contributed by atoms with Crippen molar-refractivity contribution in [3.63, 3.8) is 0 Å². The highest BCUT2D eigenvalue weighted by Gasteiger charge is 2.26. The van der Waals surface area contributed by atoms with Gasteiger partial charge in [0.15, 0.2) is 0 Å². The van der Waals surface area contributed by atoms with Gasteiger partial charge in [0.25, 0.3) is 0 Å². The van der Waals surface area contributed by atoms with Crippen molar-refractivity contribution in [2.24, 2.45) is 0 Å². The number of benzene rings is 2. The average molecular weight is 402 g/mol. The third-order valence-electron chi connectivity index (χ3n) is 5.54. The van der Waals surface area contributed by atoms with Crippen LogP contribution in [0, 0.1) is 0 Å². The van der Waals surface area contributed by atoms with Crippen molar-refractivity contribution in [2.75, 3.05) is 39.3 Å². The van der Waals surface area contributed by atoms with Gasteiger partial charge in [-0.05, 0) is 23.3 Å². The van der Waals surface area contributed by atoms with Crippen LogP contribution in [0.25, 0.3) is 0 Å². The van der Waals surface area contributed by atoms with E-state index in [0.717, 1.165) is 32.7 Å². The molecule has 0 N–H and O–H groups in total. The predicted octanol–water partition coefficient (Wildman–Crippen LogP) is 3.65. The maximum Gasteiger partial charge on any atom is 0.339 e. The first-order valence-corrected chi connectivity index (χ1v) is 10.4. The molecule has 1 aliphatic rings. The van der Waals surface area contributed by atoms with Crippen molar-refractivity contribution in [2.45, 2.75) is 6.04 Å². The molecule has 5 heteroatoms. The van der Waals surface area contributed by atoms with Crippen molar-refractivity contribution in [3.05, 3.63) is 102 Å². The van der Waals surface area contributed by atoms with Crippen LogP contribution in [-0.2, 0) is 4.74 Å². The summed E-state index contributed by atoms with van der Waals surface area (Å²) in [6.07, 6.45) is 3.18. The quantitative estimate of drug-likeness (QED) is 0.566. The number of carbonyl (C=O) groups excluding carboxylic acids is 1. The molecule has 0 radical (unpaired) electrons. The Bertz CT molecular complexity index is 871. The molecule has 0 bridgehead atoms. The van der Waals surface area contributed by atoms with Gasteiger partial charge in [-0.2, -0.15) is 0 Å². The topological polar surface area (TPSA) is 45.7 Å². The lowest BCUT2D eigenvalue weighted by Gasteiger charge is -2.39. The second-order valence-electron chi connectivity index (χ2n) is 7.48. The number of aromatic nitrogens is 1. The highest BCUT2D eigenvalue weighted by molar-refractivity contribution is 5.88. The highest BCUT2D eigenvalue weighted by atomic mass is 16.5. The first-order valence-electron chi connectivity index (χ1n) is 10.4. The van der Waals surface area contributed by atoms with Crippen LogP contribution in [0.1, 0.15) is 27.5 Å². The summed E-state index contributed by atoms with van der Waals surface area (Å²) in [4.78, 5) is 20.9. The van der Waals surface area contributed by atoms with E-state index in [2.05, 4.69) is 75.4 Å². The van der Waals surface area contributed by atoms with E-state index in [-0.39, 0.29) is 12.0 Å². The molecule has 154 valence electrons. The molecule has 1 saturated heterocycles. The first kappa shape index (κ1) is 20.3. The second-order valence-corrected chi connectivity index (χ2v) is 7.48. The van der Waals surface area contributed by atoms with Gasteiger partial charge in [-0.15, -0.1) is 0 Å². The normalized spacial score (nSPS) is 15.2. The van der Waals surface area contributed by atoms with Crippen LogP contribution in [0.4, 0.5) is 0 Å². The zero-order valence-electron chi connectivity index (χ0n) is 17.1. The molecule has 3 aromatic rings. The third kappa shape index (κ3) is 5.12. The second kappa shape index (κ2) is 10.1. The maximum atomic E-state index is 12.1. The summed E-state index contributed by atoms with van der Waals surface area (Å²) < 4.78 is 5.41. The molecule has 1 fully saturated rings. The summed E-state index contributed by atoms with van der Waals surface area (Å²) in [6.45, 7) is 5.02. The van der Waals surface area contributed by atoms with Crippen LogP contribution in [0.2, 0.25) is 0 Å². The van der Waals surface area contributed by atoms with Crippen LogP contribution in [0.5, 0.6) is 0 Å². The molecule has 1 aliphatic heterocycles. The van der Waals surface area contributed by atoms with Gasteiger partial charge in [-0.3, -0.25) is 14.8 Å². The summed E-state index contributed by atoms with van der Waals surface area (Å²) in [5, 5.41) is 0. The molecule has 4 rings (SSSR count). The fraction of sp³-hybridized carbons (Fsp3) is 0.280. The fourth-order valence-corrected chi connectivity index (χ4v) is 3.96. The van der Waals surface area contributed by atoms with E-state index in [4.69, 9.17) is 4.74 Å². The van der Waals surface area contributed by atoms with Gasteiger partial charge in [0.2, 0.25) is 0 Å². The van der Waals surface area contributed by atoms with Crippen molar-refractivity contribution in [1.82, 2.24) is 14.8 Å². The molecular formula is C25H27N3O2. The molecule has 30 heavy (non-hydrogen) atoms. The van der Waals surface area contributed by atoms with Crippen molar-refractivity contribution < 1.29 is 9.53 Å². The van der Waals surface area contributed by atoms with E-state index in [0.29, 0.717) is 12.2 Å². The van der Waals surface area contributed by atoms with Gasteiger partial charge in [0.1, 0.15) is 6.61 Å². The van der Waals surface area contributed by atoms with Crippen LogP contribution in [0.15, 0.2) is 85.2 Å². The summed E-state index contributed by atoms with van der Waals surface area (Å²) in [5.74, 6) is -0.310. The minimum atomic E-state index is -0.310. The number of hydrogen-bond acceptors (Lipinski definition) is 5. The molecule has 0 unspecified atom stereocenters. The van der Waals surface area contributed by atoms with Crippen molar-refractivity contribution in [3.8, 4) is 0 Å². The van der Waals surface area contributed by atoms with Gasteiger partial charge < -0.3 is 4.74 Å². The Morgan fingerprint density at radius 2 is 1.50 bits per heavy atom. The fourth-order valence-electron chi connectivity index (χ4n) is 3.96. The summed E-state index contributed by atoms with van der Waals surface area (Å²) in [6, 6.07) is 25.1. The lowest BCUT2D eigenvalue weighted by molar-refractivity contribution is 0.0407. The van der Waals surface area contributed by atoms with Crippen LogP contribution >= 0.6 is 0 Å². The monoisotopic (exact) mass is 401 g/mol. The number of piperazine rings is 1. The van der Waals surface area contributed by atoms with Crippen molar-refractivity contribution in [1.29, 1.82) is 0 Å².